The maximum atomic E-state index is 9.17. The summed E-state index contributed by atoms with van der Waals surface area (Å²) in [4.78, 5) is 0. The summed E-state index contributed by atoms with van der Waals surface area (Å²) in [5.41, 5.74) is 0.941. The SMILES string of the molecule is CC(O)Cn1cc(CNCC2CC2)nn1. The van der Waals surface area contributed by atoms with Gasteiger partial charge in [0, 0.05) is 12.7 Å². The molecule has 2 N–H and O–H groups in total. The predicted molar refractivity (Wildman–Crippen MR) is 56.1 cm³/mol. The van der Waals surface area contributed by atoms with Crippen molar-refractivity contribution in [1.29, 1.82) is 0 Å². The molecule has 1 unspecified atom stereocenters. The van der Waals surface area contributed by atoms with Crippen molar-refractivity contribution in [3.8, 4) is 0 Å². The number of nitrogens with zero attached hydrogens (tertiary/aromatic N) is 3. The smallest absolute Gasteiger partial charge is 0.0964 e. The largest absolute Gasteiger partial charge is 0.391 e. The first-order valence-electron chi connectivity index (χ1n) is 5.52. The topological polar surface area (TPSA) is 63.0 Å². The number of nitrogens with one attached hydrogen (secondary N) is 1. The van der Waals surface area contributed by atoms with E-state index in [0.717, 1.165) is 24.7 Å². The molecule has 1 aromatic heterocycles. The molecule has 1 aliphatic rings. The Morgan fingerprint density at radius 1 is 1.67 bits per heavy atom. The Morgan fingerprint density at radius 2 is 2.47 bits per heavy atom. The summed E-state index contributed by atoms with van der Waals surface area (Å²) >= 11 is 0. The molecule has 84 valence electrons. The van der Waals surface area contributed by atoms with Crippen molar-refractivity contribution >= 4 is 0 Å². The molecule has 0 aromatic carbocycles. The van der Waals surface area contributed by atoms with Gasteiger partial charge in [0.05, 0.1) is 18.3 Å². The molecule has 1 atom stereocenters. The van der Waals surface area contributed by atoms with Gasteiger partial charge in [-0.15, -0.1) is 5.10 Å². The van der Waals surface area contributed by atoms with E-state index in [4.69, 9.17) is 5.11 Å². The zero-order chi connectivity index (χ0) is 10.7. The molecule has 0 bridgehead atoms. The van der Waals surface area contributed by atoms with Gasteiger partial charge in [0.25, 0.3) is 0 Å². The van der Waals surface area contributed by atoms with Crippen molar-refractivity contribution in [3.63, 3.8) is 0 Å². The summed E-state index contributed by atoms with van der Waals surface area (Å²) in [6, 6.07) is 0. The Hall–Kier alpha value is -0.940. The molecule has 1 aliphatic carbocycles. The number of hydrogen-bond acceptors (Lipinski definition) is 4. The second-order valence-corrected chi connectivity index (χ2v) is 4.36. The highest BCUT2D eigenvalue weighted by atomic mass is 16.3. The number of aromatic nitrogens is 3. The first-order chi connectivity index (χ1) is 7.24. The average Bonchev–Trinajstić information content (AvgIpc) is 2.88. The van der Waals surface area contributed by atoms with Gasteiger partial charge in [0.15, 0.2) is 0 Å². The van der Waals surface area contributed by atoms with E-state index in [1.807, 2.05) is 6.20 Å². The van der Waals surface area contributed by atoms with E-state index in [1.165, 1.54) is 12.8 Å². The standard InChI is InChI=1S/C10H18N4O/c1-8(15)6-14-7-10(12-13-14)5-11-4-9-2-3-9/h7-9,11,15H,2-6H2,1H3. The van der Waals surface area contributed by atoms with Crippen molar-refractivity contribution in [1.82, 2.24) is 20.3 Å². The van der Waals surface area contributed by atoms with E-state index in [0.29, 0.717) is 6.54 Å². The van der Waals surface area contributed by atoms with Gasteiger partial charge >= 0.3 is 0 Å². The summed E-state index contributed by atoms with van der Waals surface area (Å²) in [6.45, 7) is 4.11. The van der Waals surface area contributed by atoms with Crippen molar-refractivity contribution in [2.45, 2.75) is 39.0 Å². The van der Waals surface area contributed by atoms with Crippen LogP contribution >= 0.6 is 0 Å². The molecule has 1 aromatic rings. The van der Waals surface area contributed by atoms with Crippen LogP contribution < -0.4 is 5.32 Å². The molecular weight excluding hydrogens is 192 g/mol. The lowest BCUT2D eigenvalue weighted by Crippen LogP contribution is -2.16. The first-order valence-corrected chi connectivity index (χ1v) is 5.52. The van der Waals surface area contributed by atoms with Gasteiger partial charge in [-0.3, -0.25) is 0 Å². The third-order valence-corrected chi connectivity index (χ3v) is 2.47. The molecule has 5 heteroatoms. The first kappa shape index (κ1) is 10.6. The van der Waals surface area contributed by atoms with Crippen LogP contribution in [0.3, 0.4) is 0 Å². The molecule has 1 saturated carbocycles. The van der Waals surface area contributed by atoms with Crippen molar-refractivity contribution in [2.75, 3.05) is 6.54 Å². The number of aliphatic hydroxyl groups is 1. The Morgan fingerprint density at radius 3 is 3.13 bits per heavy atom. The highest BCUT2D eigenvalue weighted by Crippen LogP contribution is 2.27. The van der Waals surface area contributed by atoms with Crippen LogP contribution in [0.2, 0.25) is 0 Å². The summed E-state index contributed by atoms with van der Waals surface area (Å²) in [7, 11) is 0. The number of rotatable bonds is 6. The maximum absolute atomic E-state index is 9.17. The Labute approximate surface area is 89.5 Å². The molecule has 0 amide bonds. The van der Waals surface area contributed by atoms with Gasteiger partial charge < -0.3 is 10.4 Å². The molecule has 5 nitrogen and oxygen atoms in total. The van der Waals surface area contributed by atoms with E-state index in [2.05, 4.69) is 15.6 Å². The second-order valence-electron chi connectivity index (χ2n) is 4.36. The molecular formula is C10H18N4O. The van der Waals surface area contributed by atoms with Gasteiger partial charge in [-0.2, -0.15) is 0 Å². The fourth-order valence-corrected chi connectivity index (χ4v) is 1.51. The Kier molecular flexibility index (Phi) is 3.33. The molecule has 0 radical (unpaired) electrons. The average molecular weight is 210 g/mol. The van der Waals surface area contributed by atoms with E-state index in [-0.39, 0.29) is 6.10 Å². The Balaban J connectivity index is 1.73. The maximum Gasteiger partial charge on any atom is 0.0964 e. The van der Waals surface area contributed by atoms with Gasteiger partial charge in [0.1, 0.15) is 0 Å². The summed E-state index contributed by atoms with van der Waals surface area (Å²) in [5.74, 6) is 0.887. The van der Waals surface area contributed by atoms with Crippen LogP contribution in [0.1, 0.15) is 25.5 Å². The van der Waals surface area contributed by atoms with Crippen LogP contribution in [-0.4, -0.2) is 32.7 Å². The van der Waals surface area contributed by atoms with Crippen LogP contribution in [0.25, 0.3) is 0 Å². The van der Waals surface area contributed by atoms with Crippen LogP contribution in [0.15, 0.2) is 6.20 Å². The van der Waals surface area contributed by atoms with E-state index in [1.54, 1.807) is 11.6 Å². The zero-order valence-electron chi connectivity index (χ0n) is 9.06. The minimum Gasteiger partial charge on any atom is -0.391 e. The van der Waals surface area contributed by atoms with Gasteiger partial charge in [-0.05, 0) is 32.2 Å². The van der Waals surface area contributed by atoms with Gasteiger partial charge in [0.2, 0.25) is 0 Å². The number of hydrogen-bond donors (Lipinski definition) is 2. The third-order valence-electron chi connectivity index (χ3n) is 2.47. The normalized spacial score (nSPS) is 18.0. The van der Waals surface area contributed by atoms with Crippen molar-refractivity contribution in [3.05, 3.63) is 11.9 Å². The lowest BCUT2D eigenvalue weighted by molar-refractivity contribution is 0.167. The predicted octanol–water partition coefficient (Wildman–Crippen LogP) is 0.158. The molecule has 1 heterocycles. The monoisotopic (exact) mass is 210 g/mol. The summed E-state index contributed by atoms with van der Waals surface area (Å²) < 4.78 is 1.68. The van der Waals surface area contributed by atoms with E-state index >= 15 is 0 Å². The molecule has 1 fully saturated rings. The van der Waals surface area contributed by atoms with E-state index in [9.17, 15) is 0 Å². The van der Waals surface area contributed by atoms with Gasteiger partial charge in [-0.1, -0.05) is 5.21 Å². The molecule has 0 spiro atoms. The highest BCUT2D eigenvalue weighted by molar-refractivity contribution is 4.92. The highest BCUT2D eigenvalue weighted by Gasteiger charge is 2.20. The Bertz CT molecular complexity index is 306. The summed E-state index contributed by atoms with van der Waals surface area (Å²) in [6.07, 6.45) is 4.23. The van der Waals surface area contributed by atoms with Crippen molar-refractivity contribution in [2.24, 2.45) is 5.92 Å². The van der Waals surface area contributed by atoms with Crippen LogP contribution in [0, 0.1) is 5.92 Å². The molecule has 0 saturated heterocycles. The minimum absolute atomic E-state index is 0.376. The zero-order valence-corrected chi connectivity index (χ0v) is 9.06. The van der Waals surface area contributed by atoms with E-state index < -0.39 is 0 Å². The van der Waals surface area contributed by atoms with Crippen LogP contribution in [0.5, 0.6) is 0 Å². The van der Waals surface area contributed by atoms with Crippen molar-refractivity contribution < 1.29 is 5.11 Å². The fourth-order valence-electron chi connectivity index (χ4n) is 1.51. The second kappa shape index (κ2) is 4.72. The minimum atomic E-state index is -0.376. The summed E-state index contributed by atoms with van der Waals surface area (Å²) in [5, 5.41) is 20.5. The molecule has 2 rings (SSSR count). The quantitative estimate of drug-likeness (QED) is 0.702. The fraction of sp³-hybridized carbons (Fsp3) is 0.800. The van der Waals surface area contributed by atoms with Gasteiger partial charge in [-0.25, -0.2) is 4.68 Å². The third kappa shape index (κ3) is 3.60. The lowest BCUT2D eigenvalue weighted by atomic mass is 10.4. The molecule has 15 heavy (non-hydrogen) atoms. The molecule has 0 aliphatic heterocycles. The number of aliphatic hydroxyl groups excluding tert-OH is 1. The van der Waals surface area contributed by atoms with Crippen LogP contribution in [0.4, 0.5) is 0 Å². The lowest BCUT2D eigenvalue weighted by Gasteiger charge is -2.01. The van der Waals surface area contributed by atoms with Crippen LogP contribution in [-0.2, 0) is 13.1 Å².